The first-order valence-corrected chi connectivity index (χ1v) is 6.93. The van der Waals surface area contributed by atoms with Crippen molar-refractivity contribution in [3.8, 4) is 0 Å². The van der Waals surface area contributed by atoms with E-state index in [1.807, 2.05) is 0 Å². The van der Waals surface area contributed by atoms with Crippen LogP contribution >= 0.6 is 0 Å². The van der Waals surface area contributed by atoms with Crippen LogP contribution < -0.4 is 11.1 Å². The summed E-state index contributed by atoms with van der Waals surface area (Å²) in [6.07, 6.45) is 8.04. The summed E-state index contributed by atoms with van der Waals surface area (Å²) >= 11 is 0. The molecule has 2 saturated carbocycles. The number of nitrogens with one attached hydrogen (secondary N) is 1. The van der Waals surface area contributed by atoms with Gasteiger partial charge in [-0.25, -0.2) is 4.79 Å². The number of ether oxygens (including phenoxy) is 1. The Labute approximate surface area is 103 Å². The van der Waals surface area contributed by atoms with E-state index >= 15 is 0 Å². The highest BCUT2D eigenvalue weighted by Gasteiger charge is 2.26. The molecule has 17 heavy (non-hydrogen) atoms. The molecule has 2 aliphatic rings. The Morgan fingerprint density at radius 3 is 2.41 bits per heavy atom. The van der Waals surface area contributed by atoms with Crippen LogP contribution in [-0.2, 0) is 4.74 Å². The van der Waals surface area contributed by atoms with Gasteiger partial charge in [-0.1, -0.05) is 12.8 Å². The van der Waals surface area contributed by atoms with Crippen molar-refractivity contribution in [2.24, 2.45) is 17.6 Å². The minimum absolute atomic E-state index is 0.240. The maximum Gasteiger partial charge on any atom is 0.407 e. The van der Waals surface area contributed by atoms with Gasteiger partial charge in [0.2, 0.25) is 0 Å². The minimum atomic E-state index is -0.240. The quantitative estimate of drug-likeness (QED) is 0.790. The summed E-state index contributed by atoms with van der Waals surface area (Å²) in [7, 11) is 0. The molecule has 0 aromatic rings. The third-order valence-electron chi connectivity index (χ3n) is 4.22. The molecule has 2 unspecified atom stereocenters. The highest BCUT2D eigenvalue weighted by atomic mass is 16.5. The van der Waals surface area contributed by atoms with Crippen molar-refractivity contribution in [1.29, 1.82) is 0 Å². The number of rotatable bonds is 4. The van der Waals surface area contributed by atoms with E-state index < -0.39 is 0 Å². The van der Waals surface area contributed by atoms with Gasteiger partial charge in [-0.2, -0.15) is 0 Å². The first-order chi connectivity index (χ1) is 8.29. The fourth-order valence-electron chi connectivity index (χ4n) is 2.76. The van der Waals surface area contributed by atoms with Crippen molar-refractivity contribution in [2.75, 3.05) is 13.2 Å². The Morgan fingerprint density at radius 1 is 1.12 bits per heavy atom. The molecule has 3 N–H and O–H groups in total. The summed E-state index contributed by atoms with van der Waals surface area (Å²) in [6, 6.07) is 0.360. The average molecular weight is 240 g/mol. The van der Waals surface area contributed by atoms with Gasteiger partial charge in [0.05, 0.1) is 6.61 Å². The third kappa shape index (κ3) is 3.60. The molecule has 0 aromatic heterocycles. The van der Waals surface area contributed by atoms with Gasteiger partial charge in [0.25, 0.3) is 0 Å². The molecule has 2 rings (SSSR count). The van der Waals surface area contributed by atoms with Crippen LogP contribution in [0.15, 0.2) is 0 Å². The van der Waals surface area contributed by atoms with Gasteiger partial charge in [-0.3, -0.25) is 0 Å². The van der Waals surface area contributed by atoms with Crippen molar-refractivity contribution in [1.82, 2.24) is 5.32 Å². The molecule has 4 heteroatoms. The van der Waals surface area contributed by atoms with E-state index in [0.717, 1.165) is 25.8 Å². The fourth-order valence-corrected chi connectivity index (χ4v) is 2.76. The first kappa shape index (κ1) is 12.7. The van der Waals surface area contributed by atoms with Crippen LogP contribution in [0.25, 0.3) is 0 Å². The number of carbonyl (C=O) groups is 1. The SMILES string of the molecule is NCC1CCCCC1COC(=O)NC1CCC1. The minimum Gasteiger partial charge on any atom is -0.449 e. The van der Waals surface area contributed by atoms with E-state index in [1.54, 1.807) is 0 Å². The van der Waals surface area contributed by atoms with E-state index in [4.69, 9.17) is 10.5 Å². The summed E-state index contributed by atoms with van der Waals surface area (Å²) in [4.78, 5) is 11.5. The zero-order valence-electron chi connectivity index (χ0n) is 10.5. The first-order valence-electron chi connectivity index (χ1n) is 6.93. The second-order valence-electron chi connectivity index (χ2n) is 5.41. The highest BCUT2D eigenvalue weighted by molar-refractivity contribution is 5.67. The molecule has 0 heterocycles. The molecule has 2 aliphatic carbocycles. The van der Waals surface area contributed by atoms with Crippen LogP contribution in [0.5, 0.6) is 0 Å². The summed E-state index contributed by atoms with van der Waals surface area (Å²) in [5.41, 5.74) is 5.76. The van der Waals surface area contributed by atoms with E-state index in [0.29, 0.717) is 24.5 Å². The number of hydrogen-bond acceptors (Lipinski definition) is 3. The van der Waals surface area contributed by atoms with Crippen LogP contribution in [0, 0.1) is 11.8 Å². The molecule has 0 aliphatic heterocycles. The summed E-state index contributed by atoms with van der Waals surface area (Å²) in [5, 5.41) is 2.90. The standard InChI is InChI=1S/C13H24N2O2/c14-8-10-4-1-2-5-11(10)9-17-13(16)15-12-6-3-7-12/h10-12H,1-9,14H2,(H,15,16). The van der Waals surface area contributed by atoms with E-state index in [-0.39, 0.29) is 6.09 Å². The predicted octanol–water partition coefficient (Wildman–Crippen LogP) is 2.03. The molecular weight excluding hydrogens is 216 g/mol. The lowest BCUT2D eigenvalue weighted by molar-refractivity contribution is 0.0889. The molecular formula is C13H24N2O2. The van der Waals surface area contributed by atoms with Crippen LogP contribution in [0.2, 0.25) is 0 Å². The maximum atomic E-state index is 11.5. The van der Waals surface area contributed by atoms with Crippen molar-refractivity contribution in [2.45, 2.75) is 51.0 Å². The lowest BCUT2D eigenvalue weighted by atomic mass is 9.80. The van der Waals surface area contributed by atoms with Gasteiger partial charge in [0.15, 0.2) is 0 Å². The Balaban J connectivity index is 1.66. The number of hydrogen-bond donors (Lipinski definition) is 2. The van der Waals surface area contributed by atoms with Gasteiger partial charge in [0.1, 0.15) is 0 Å². The fraction of sp³-hybridized carbons (Fsp3) is 0.923. The van der Waals surface area contributed by atoms with Gasteiger partial charge in [-0.15, -0.1) is 0 Å². The van der Waals surface area contributed by atoms with Gasteiger partial charge < -0.3 is 15.8 Å². The van der Waals surface area contributed by atoms with Crippen LogP contribution in [0.1, 0.15) is 44.9 Å². The largest absolute Gasteiger partial charge is 0.449 e. The molecule has 0 radical (unpaired) electrons. The van der Waals surface area contributed by atoms with Crippen LogP contribution in [0.4, 0.5) is 4.79 Å². The van der Waals surface area contributed by atoms with Crippen molar-refractivity contribution in [3.05, 3.63) is 0 Å². The van der Waals surface area contributed by atoms with Crippen LogP contribution in [0.3, 0.4) is 0 Å². The van der Waals surface area contributed by atoms with E-state index in [2.05, 4.69) is 5.32 Å². The molecule has 0 saturated heterocycles. The number of amides is 1. The Hall–Kier alpha value is -0.770. The normalized spacial score (nSPS) is 29.5. The molecule has 0 bridgehead atoms. The summed E-state index contributed by atoms with van der Waals surface area (Å²) < 4.78 is 5.31. The van der Waals surface area contributed by atoms with Crippen LogP contribution in [-0.4, -0.2) is 25.3 Å². The molecule has 2 atom stereocenters. The number of carbonyl (C=O) groups excluding carboxylic acids is 1. The molecule has 2 fully saturated rings. The maximum absolute atomic E-state index is 11.5. The predicted molar refractivity (Wildman–Crippen MR) is 66.6 cm³/mol. The van der Waals surface area contributed by atoms with Gasteiger partial charge >= 0.3 is 6.09 Å². The van der Waals surface area contributed by atoms with Crippen molar-refractivity contribution < 1.29 is 9.53 Å². The molecule has 0 aromatic carbocycles. The highest BCUT2D eigenvalue weighted by Crippen LogP contribution is 2.29. The number of alkyl carbamates (subject to hydrolysis) is 1. The third-order valence-corrected chi connectivity index (χ3v) is 4.22. The lowest BCUT2D eigenvalue weighted by Gasteiger charge is -2.31. The Kier molecular flexibility index (Phi) is 4.66. The second-order valence-corrected chi connectivity index (χ2v) is 5.41. The Bertz CT molecular complexity index is 254. The van der Waals surface area contributed by atoms with Crippen molar-refractivity contribution in [3.63, 3.8) is 0 Å². The van der Waals surface area contributed by atoms with Crippen molar-refractivity contribution >= 4 is 6.09 Å². The van der Waals surface area contributed by atoms with E-state index in [1.165, 1.54) is 25.7 Å². The molecule has 1 amide bonds. The molecule has 0 spiro atoms. The zero-order chi connectivity index (χ0) is 12.1. The van der Waals surface area contributed by atoms with E-state index in [9.17, 15) is 4.79 Å². The summed E-state index contributed by atoms with van der Waals surface area (Å²) in [6.45, 7) is 1.26. The monoisotopic (exact) mass is 240 g/mol. The Morgan fingerprint density at radius 2 is 1.82 bits per heavy atom. The second kappa shape index (κ2) is 6.24. The average Bonchev–Trinajstić information content (AvgIpc) is 2.31. The zero-order valence-corrected chi connectivity index (χ0v) is 10.5. The topological polar surface area (TPSA) is 64.3 Å². The van der Waals surface area contributed by atoms with Gasteiger partial charge in [0, 0.05) is 6.04 Å². The lowest BCUT2D eigenvalue weighted by Crippen LogP contribution is -2.41. The smallest absolute Gasteiger partial charge is 0.407 e. The van der Waals surface area contributed by atoms with Gasteiger partial charge in [-0.05, 0) is 50.5 Å². The molecule has 4 nitrogen and oxygen atoms in total. The molecule has 98 valence electrons. The summed E-state index contributed by atoms with van der Waals surface area (Å²) in [5.74, 6) is 1.01. The number of nitrogens with two attached hydrogens (primary N) is 1.